The first kappa shape index (κ1) is 18.2. The van der Waals surface area contributed by atoms with Gasteiger partial charge in [-0.1, -0.05) is 12.1 Å². The molecule has 0 fully saturated rings. The molecule has 0 atom stereocenters. The Labute approximate surface area is 163 Å². The Balaban J connectivity index is 1.44. The van der Waals surface area contributed by atoms with Crippen LogP contribution in [0, 0.1) is 6.92 Å². The van der Waals surface area contributed by atoms with Crippen LogP contribution in [-0.2, 0) is 19.4 Å². The predicted octanol–water partition coefficient (Wildman–Crippen LogP) is 1.41. The van der Waals surface area contributed by atoms with Gasteiger partial charge in [-0.25, -0.2) is 9.98 Å². The lowest BCUT2D eigenvalue weighted by Crippen LogP contribution is -2.32. The molecular formula is C19H24N8O. The van der Waals surface area contributed by atoms with Crippen LogP contribution >= 0.6 is 0 Å². The van der Waals surface area contributed by atoms with Gasteiger partial charge in [0.2, 0.25) is 5.96 Å². The van der Waals surface area contributed by atoms with Gasteiger partial charge in [0, 0.05) is 43.7 Å². The molecule has 1 aromatic carbocycles. The molecule has 3 N–H and O–H groups in total. The number of aromatic amines is 1. The van der Waals surface area contributed by atoms with Crippen molar-refractivity contribution in [1.29, 1.82) is 0 Å². The summed E-state index contributed by atoms with van der Waals surface area (Å²) in [4.78, 5) is 11.4. The SMILES string of the molecule is COc1ccccc1N=C(N)n1nc(CCN2CCc3[nH]ncc3C2)nc1C. The van der Waals surface area contributed by atoms with Gasteiger partial charge in [0.05, 0.1) is 13.3 Å². The van der Waals surface area contributed by atoms with Crippen LogP contribution in [0.25, 0.3) is 0 Å². The van der Waals surface area contributed by atoms with Crippen molar-refractivity contribution in [1.82, 2.24) is 29.9 Å². The van der Waals surface area contributed by atoms with Gasteiger partial charge in [0.25, 0.3) is 0 Å². The van der Waals surface area contributed by atoms with E-state index in [0.717, 1.165) is 38.3 Å². The average Bonchev–Trinajstić information content (AvgIpc) is 3.32. The molecular weight excluding hydrogens is 356 g/mol. The van der Waals surface area contributed by atoms with E-state index in [1.54, 1.807) is 11.8 Å². The van der Waals surface area contributed by atoms with E-state index in [2.05, 4.69) is 30.2 Å². The Kier molecular flexibility index (Phi) is 5.07. The first-order chi connectivity index (χ1) is 13.6. The molecule has 0 saturated heterocycles. The number of benzene rings is 1. The predicted molar refractivity (Wildman–Crippen MR) is 106 cm³/mol. The zero-order valence-corrected chi connectivity index (χ0v) is 16.1. The smallest absolute Gasteiger partial charge is 0.223 e. The van der Waals surface area contributed by atoms with Crippen LogP contribution in [0.15, 0.2) is 35.5 Å². The molecule has 1 aliphatic heterocycles. The van der Waals surface area contributed by atoms with Crippen molar-refractivity contribution in [3.8, 4) is 5.75 Å². The van der Waals surface area contributed by atoms with Gasteiger partial charge in [0.15, 0.2) is 5.82 Å². The second-order valence-corrected chi connectivity index (χ2v) is 6.78. The molecule has 4 rings (SSSR count). The monoisotopic (exact) mass is 380 g/mol. The fraction of sp³-hybridized carbons (Fsp3) is 0.368. The number of fused-ring (bicyclic) bond motifs is 1. The minimum absolute atomic E-state index is 0.266. The number of H-pyrrole nitrogens is 1. The third kappa shape index (κ3) is 3.74. The minimum Gasteiger partial charge on any atom is -0.494 e. The summed E-state index contributed by atoms with van der Waals surface area (Å²) in [6.45, 7) is 4.67. The summed E-state index contributed by atoms with van der Waals surface area (Å²) in [5.41, 5.74) is 9.35. The van der Waals surface area contributed by atoms with Crippen LogP contribution in [0.4, 0.5) is 5.69 Å². The fourth-order valence-electron chi connectivity index (χ4n) is 3.39. The number of hydrogen-bond donors (Lipinski definition) is 2. The summed E-state index contributed by atoms with van der Waals surface area (Å²) in [6.07, 6.45) is 3.66. The molecule has 9 heteroatoms. The summed E-state index contributed by atoms with van der Waals surface area (Å²) in [7, 11) is 1.61. The summed E-state index contributed by atoms with van der Waals surface area (Å²) in [5, 5.41) is 11.7. The van der Waals surface area contributed by atoms with Crippen LogP contribution < -0.4 is 10.5 Å². The Morgan fingerprint density at radius 1 is 1.36 bits per heavy atom. The van der Waals surface area contributed by atoms with Crippen molar-refractivity contribution >= 4 is 11.6 Å². The van der Waals surface area contributed by atoms with Crippen molar-refractivity contribution in [3.05, 3.63) is 53.4 Å². The lowest BCUT2D eigenvalue weighted by atomic mass is 10.1. The van der Waals surface area contributed by atoms with Crippen LogP contribution in [0.2, 0.25) is 0 Å². The molecule has 0 amide bonds. The molecule has 146 valence electrons. The lowest BCUT2D eigenvalue weighted by Gasteiger charge is -2.25. The first-order valence-corrected chi connectivity index (χ1v) is 9.27. The van der Waals surface area contributed by atoms with E-state index in [-0.39, 0.29) is 5.96 Å². The molecule has 0 saturated carbocycles. The van der Waals surface area contributed by atoms with Gasteiger partial charge in [-0.05, 0) is 19.1 Å². The third-order valence-corrected chi connectivity index (χ3v) is 4.88. The number of rotatable bonds is 5. The number of ether oxygens (including phenoxy) is 1. The minimum atomic E-state index is 0.266. The van der Waals surface area contributed by atoms with E-state index >= 15 is 0 Å². The van der Waals surface area contributed by atoms with Gasteiger partial charge < -0.3 is 10.5 Å². The summed E-state index contributed by atoms with van der Waals surface area (Å²) in [5.74, 6) is 2.39. The maximum Gasteiger partial charge on any atom is 0.223 e. The maximum atomic E-state index is 6.18. The molecule has 2 aromatic heterocycles. The highest BCUT2D eigenvalue weighted by Gasteiger charge is 2.18. The number of nitrogens with two attached hydrogens (primary N) is 1. The van der Waals surface area contributed by atoms with Crippen LogP contribution in [0.1, 0.15) is 22.9 Å². The van der Waals surface area contributed by atoms with E-state index in [1.165, 1.54) is 11.3 Å². The standard InChI is InChI=1S/C19H24N8O/c1-13-22-18(8-10-26-9-7-15-14(12-26)11-21-24-15)25-27(13)19(20)23-16-5-3-4-6-17(16)28-2/h3-6,11H,7-10,12H2,1-2H3,(H2,20,23)(H,21,24). The molecule has 9 nitrogen and oxygen atoms in total. The van der Waals surface area contributed by atoms with E-state index in [0.29, 0.717) is 17.3 Å². The summed E-state index contributed by atoms with van der Waals surface area (Å²) < 4.78 is 6.90. The molecule has 28 heavy (non-hydrogen) atoms. The second-order valence-electron chi connectivity index (χ2n) is 6.78. The van der Waals surface area contributed by atoms with Crippen molar-refractivity contribution in [3.63, 3.8) is 0 Å². The third-order valence-electron chi connectivity index (χ3n) is 4.88. The highest BCUT2D eigenvalue weighted by atomic mass is 16.5. The number of nitrogens with zero attached hydrogens (tertiary/aromatic N) is 6. The molecule has 3 heterocycles. The van der Waals surface area contributed by atoms with E-state index in [1.807, 2.05) is 37.4 Å². The number of methoxy groups -OCH3 is 1. The molecule has 0 aliphatic carbocycles. The Hall–Kier alpha value is -3.20. The first-order valence-electron chi connectivity index (χ1n) is 9.27. The average molecular weight is 380 g/mol. The Morgan fingerprint density at radius 2 is 2.21 bits per heavy atom. The van der Waals surface area contributed by atoms with Crippen molar-refractivity contribution in [2.45, 2.75) is 26.3 Å². The van der Waals surface area contributed by atoms with Gasteiger partial charge in [-0.2, -0.15) is 9.78 Å². The topological polar surface area (TPSA) is 110 Å². The van der Waals surface area contributed by atoms with Crippen LogP contribution in [0.3, 0.4) is 0 Å². The normalized spacial score (nSPS) is 14.9. The highest BCUT2D eigenvalue weighted by Crippen LogP contribution is 2.26. The molecule has 3 aromatic rings. The number of hydrogen-bond acceptors (Lipinski definition) is 6. The second kappa shape index (κ2) is 7.81. The van der Waals surface area contributed by atoms with E-state index < -0.39 is 0 Å². The number of aromatic nitrogens is 5. The lowest BCUT2D eigenvalue weighted by molar-refractivity contribution is 0.255. The number of nitrogens with one attached hydrogen (secondary N) is 1. The van der Waals surface area contributed by atoms with E-state index in [4.69, 9.17) is 10.5 Å². The van der Waals surface area contributed by atoms with Crippen molar-refractivity contribution in [2.75, 3.05) is 20.2 Å². The van der Waals surface area contributed by atoms with E-state index in [9.17, 15) is 0 Å². The van der Waals surface area contributed by atoms with Gasteiger partial charge in [0.1, 0.15) is 17.3 Å². The number of para-hydroxylation sites is 2. The molecule has 0 radical (unpaired) electrons. The summed E-state index contributed by atoms with van der Waals surface area (Å²) in [6, 6.07) is 7.47. The van der Waals surface area contributed by atoms with Crippen LogP contribution in [0.5, 0.6) is 5.75 Å². The largest absolute Gasteiger partial charge is 0.494 e. The van der Waals surface area contributed by atoms with Gasteiger partial charge in [-0.3, -0.25) is 10.00 Å². The fourth-order valence-corrected chi connectivity index (χ4v) is 3.39. The van der Waals surface area contributed by atoms with Gasteiger partial charge >= 0.3 is 0 Å². The van der Waals surface area contributed by atoms with Crippen molar-refractivity contribution < 1.29 is 4.74 Å². The molecule has 0 unspecified atom stereocenters. The molecule has 0 spiro atoms. The molecule has 0 bridgehead atoms. The quantitative estimate of drug-likeness (QED) is 0.512. The zero-order chi connectivity index (χ0) is 19.5. The highest BCUT2D eigenvalue weighted by molar-refractivity contribution is 5.83. The Bertz CT molecular complexity index is 989. The summed E-state index contributed by atoms with van der Waals surface area (Å²) >= 11 is 0. The van der Waals surface area contributed by atoms with Gasteiger partial charge in [-0.15, -0.1) is 5.10 Å². The van der Waals surface area contributed by atoms with Crippen molar-refractivity contribution in [2.24, 2.45) is 10.7 Å². The molecule has 1 aliphatic rings. The van der Waals surface area contributed by atoms with Crippen LogP contribution in [-0.4, -0.2) is 56.0 Å². The zero-order valence-electron chi connectivity index (χ0n) is 16.1. The number of aryl methyl sites for hydroxylation is 1. The number of aliphatic imine (C=N–C) groups is 1. The maximum absolute atomic E-state index is 6.18. The Morgan fingerprint density at radius 3 is 3.07 bits per heavy atom.